The van der Waals surface area contributed by atoms with Gasteiger partial charge in [-0.3, -0.25) is 13.8 Å². The van der Waals surface area contributed by atoms with Crippen molar-refractivity contribution in [3.8, 4) is 0 Å². The van der Waals surface area contributed by atoms with E-state index < -0.39 is 44.6 Å². The molecule has 2 bridgehead atoms. The zero-order chi connectivity index (χ0) is 16.3. The minimum absolute atomic E-state index is 0.0519. The first-order valence-electron chi connectivity index (χ1n) is 6.66. The monoisotopic (exact) mass is 446 g/mol. The number of carbonyl (C=O) groups is 2. The van der Waals surface area contributed by atoms with Gasteiger partial charge < -0.3 is 14.2 Å². The second-order valence-corrected chi connectivity index (χ2v) is 8.88. The molecule has 3 aliphatic heterocycles. The van der Waals surface area contributed by atoms with Gasteiger partial charge >= 0.3 is 11.9 Å². The van der Waals surface area contributed by atoms with E-state index in [0.29, 0.717) is 0 Å². The van der Waals surface area contributed by atoms with E-state index in [2.05, 4.69) is 22.6 Å². The summed E-state index contributed by atoms with van der Waals surface area (Å²) in [4.78, 5) is 22.2. The van der Waals surface area contributed by atoms with Gasteiger partial charge in [-0.25, -0.2) is 0 Å². The van der Waals surface area contributed by atoms with Gasteiger partial charge in [0, 0.05) is 20.3 Å². The van der Waals surface area contributed by atoms with Crippen molar-refractivity contribution < 1.29 is 36.4 Å². The van der Waals surface area contributed by atoms with Crippen LogP contribution in [0.2, 0.25) is 0 Å². The molecule has 0 radical (unpaired) electrons. The molecule has 5 atom stereocenters. The lowest BCUT2D eigenvalue weighted by molar-refractivity contribution is -0.160. The maximum atomic E-state index is 12.2. The molecule has 3 rings (SSSR count). The average molecular weight is 446 g/mol. The molecular formula is C12H15IO8S. The number of hydrogen-bond acceptors (Lipinski definition) is 8. The van der Waals surface area contributed by atoms with Crippen LogP contribution in [0.4, 0.5) is 0 Å². The summed E-state index contributed by atoms with van der Waals surface area (Å²) in [6, 6.07) is 0. The van der Waals surface area contributed by atoms with E-state index in [9.17, 15) is 18.0 Å². The average Bonchev–Trinajstić information content (AvgIpc) is 2.91. The summed E-state index contributed by atoms with van der Waals surface area (Å²) in [7, 11) is -3.81. The number of alkyl halides is 1. The van der Waals surface area contributed by atoms with Crippen LogP contribution in [0.15, 0.2) is 0 Å². The van der Waals surface area contributed by atoms with E-state index in [4.69, 9.17) is 18.4 Å². The van der Waals surface area contributed by atoms with E-state index in [0.717, 1.165) is 0 Å². The van der Waals surface area contributed by atoms with Crippen LogP contribution in [0.5, 0.6) is 0 Å². The molecule has 0 aliphatic carbocycles. The number of halogens is 1. The highest BCUT2D eigenvalue weighted by molar-refractivity contribution is 14.1. The van der Waals surface area contributed by atoms with E-state index in [1.807, 2.05) is 0 Å². The third kappa shape index (κ3) is 2.18. The summed E-state index contributed by atoms with van der Waals surface area (Å²) in [6.07, 6.45) is -0.611. The Bertz CT molecular complexity index is 633. The first-order chi connectivity index (χ1) is 10.1. The second-order valence-electron chi connectivity index (χ2n) is 5.79. The third-order valence-corrected chi connectivity index (χ3v) is 7.85. The summed E-state index contributed by atoms with van der Waals surface area (Å²) >= 11 is 2.05. The number of rotatable bonds is 4. The molecule has 0 saturated carbocycles. The van der Waals surface area contributed by atoms with Crippen molar-refractivity contribution in [3.05, 3.63) is 0 Å². The zero-order valence-corrected chi connectivity index (χ0v) is 14.9. The van der Waals surface area contributed by atoms with Crippen LogP contribution in [0.25, 0.3) is 0 Å². The molecule has 0 aromatic rings. The van der Waals surface area contributed by atoms with Crippen molar-refractivity contribution >= 4 is 44.6 Å². The molecule has 0 aromatic heterocycles. The van der Waals surface area contributed by atoms with Gasteiger partial charge in [0.2, 0.25) is 0 Å². The summed E-state index contributed by atoms with van der Waals surface area (Å²) in [5.74, 6) is -0.994. The van der Waals surface area contributed by atoms with Crippen molar-refractivity contribution in [3.63, 3.8) is 0 Å². The van der Waals surface area contributed by atoms with Crippen molar-refractivity contribution in [2.75, 3.05) is 13.2 Å². The van der Waals surface area contributed by atoms with Crippen LogP contribution < -0.4 is 0 Å². The van der Waals surface area contributed by atoms with Crippen LogP contribution in [-0.4, -0.2) is 60.1 Å². The van der Waals surface area contributed by atoms with E-state index in [-0.39, 0.29) is 23.6 Å². The van der Waals surface area contributed by atoms with Gasteiger partial charge in [-0.2, -0.15) is 8.42 Å². The Hall–Kier alpha value is -0.460. The zero-order valence-electron chi connectivity index (χ0n) is 11.9. The maximum absolute atomic E-state index is 12.2. The van der Waals surface area contributed by atoms with Gasteiger partial charge in [0.1, 0.15) is 30.2 Å². The SMILES string of the molecule is CC(=O)OCC12CC3C(COC(C)=O)(O1)C(OS3(=O)=O)C2I. The fraction of sp³-hybridized carbons (Fsp3) is 0.833. The molecule has 10 heteroatoms. The fourth-order valence-corrected chi connectivity index (χ4v) is 6.84. The normalized spacial score (nSPS) is 44.0. The first-order valence-corrected chi connectivity index (χ1v) is 9.38. The van der Waals surface area contributed by atoms with Crippen LogP contribution in [-0.2, 0) is 38.1 Å². The summed E-state index contributed by atoms with van der Waals surface area (Å²) in [5.41, 5.74) is -2.16. The molecule has 8 nitrogen and oxygen atoms in total. The lowest BCUT2D eigenvalue weighted by Gasteiger charge is -2.30. The minimum atomic E-state index is -3.81. The van der Waals surface area contributed by atoms with Gasteiger partial charge in [0.25, 0.3) is 10.1 Å². The predicted molar refractivity (Wildman–Crippen MR) is 79.8 cm³/mol. The molecular weight excluding hydrogens is 431 g/mol. The van der Waals surface area contributed by atoms with Gasteiger partial charge in [-0.1, -0.05) is 22.6 Å². The summed E-state index contributed by atoms with van der Waals surface area (Å²) < 4.78 is 45.4. The molecule has 5 unspecified atom stereocenters. The summed E-state index contributed by atoms with van der Waals surface area (Å²) in [5, 5.41) is -0.925. The smallest absolute Gasteiger partial charge is 0.302 e. The molecule has 0 N–H and O–H groups in total. The van der Waals surface area contributed by atoms with Crippen molar-refractivity contribution in [1.29, 1.82) is 0 Å². The molecule has 0 amide bonds. The van der Waals surface area contributed by atoms with Gasteiger partial charge in [0.05, 0.1) is 3.92 Å². The largest absolute Gasteiger partial charge is 0.463 e. The highest BCUT2D eigenvalue weighted by atomic mass is 127. The molecule has 3 aliphatic rings. The van der Waals surface area contributed by atoms with Gasteiger partial charge in [0.15, 0.2) is 5.60 Å². The number of carbonyl (C=O) groups excluding carboxylic acids is 2. The van der Waals surface area contributed by atoms with Crippen LogP contribution in [0.1, 0.15) is 20.3 Å². The molecule has 0 aromatic carbocycles. The van der Waals surface area contributed by atoms with Crippen LogP contribution in [0, 0.1) is 0 Å². The third-order valence-electron chi connectivity index (χ3n) is 4.33. The highest BCUT2D eigenvalue weighted by Crippen LogP contribution is 2.61. The maximum Gasteiger partial charge on any atom is 0.302 e. The van der Waals surface area contributed by atoms with Crippen LogP contribution >= 0.6 is 22.6 Å². The van der Waals surface area contributed by atoms with E-state index in [1.54, 1.807) is 0 Å². The Morgan fingerprint density at radius 3 is 2.41 bits per heavy atom. The number of esters is 2. The Morgan fingerprint density at radius 1 is 1.23 bits per heavy atom. The molecule has 3 saturated heterocycles. The first kappa shape index (κ1) is 16.4. The van der Waals surface area contributed by atoms with Gasteiger partial charge in [-0.05, 0) is 0 Å². The van der Waals surface area contributed by atoms with Crippen molar-refractivity contribution in [1.82, 2.24) is 0 Å². The summed E-state index contributed by atoms with van der Waals surface area (Å²) in [6.45, 7) is 2.27. The molecule has 0 spiro atoms. The lowest BCUT2D eigenvalue weighted by atomic mass is 9.80. The topological polar surface area (TPSA) is 105 Å². The van der Waals surface area contributed by atoms with Crippen molar-refractivity contribution in [2.45, 2.75) is 46.7 Å². The van der Waals surface area contributed by atoms with Crippen molar-refractivity contribution in [2.24, 2.45) is 0 Å². The number of fused-ring (bicyclic) bond motifs is 1. The Kier molecular flexibility index (Phi) is 3.74. The predicted octanol–water partition coefficient (Wildman–Crippen LogP) is -0.0751. The second kappa shape index (κ2) is 5.02. The van der Waals surface area contributed by atoms with E-state index >= 15 is 0 Å². The Labute approximate surface area is 141 Å². The van der Waals surface area contributed by atoms with Gasteiger partial charge in [-0.15, -0.1) is 0 Å². The van der Waals surface area contributed by atoms with Crippen LogP contribution in [0.3, 0.4) is 0 Å². The molecule has 3 heterocycles. The lowest BCUT2D eigenvalue weighted by Crippen LogP contribution is -2.52. The Morgan fingerprint density at radius 2 is 1.82 bits per heavy atom. The fourth-order valence-electron chi connectivity index (χ4n) is 3.41. The minimum Gasteiger partial charge on any atom is -0.463 e. The molecule has 22 heavy (non-hydrogen) atoms. The highest BCUT2D eigenvalue weighted by Gasteiger charge is 2.80. The number of hydrogen-bond donors (Lipinski definition) is 0. The molecule has 124 valence electrons. The number of ether oxygens (including phenoxy) is 3. The molecule has 3 fully saturated rings. The Balaban J connectivity index is 1.94. The van der Waals surface area contributed by atoms with E-state index in [1.165, 1.54) is 13.8 Å². The quantitative estimate of drug-likeness (QED) is 0.256. The standard InChI is InChI=1S/C12H15IO8S/c1-6(14)18-4-11-3-8-12(21-11,5-19-7(2)15)10(9(11)13)20-22(8,16)17/h8-10H,3-5H2,1-2H3.